The number of hydrogen-bond acceptors (Lipinski definition) is 6. The van der Waals surface area contributed by atoms with Gasteiger partial charge in [-0.15, -0.1) is 22.7 Å². The second-order valence-electron chi connectivity index (χ2n) is 7.39. The van der Waals surface area contributed by atoms with Crippen LogP contribution in [0.4, 0.5) is 11.4 Å². The molecule has 2 N–H and O–H groups in total. The molecule has 2 aromatic heterocycles. The largest absolute Gasteiger partial charge is 0.487 e. The predicted octanol–water partition coefficient (Wildman–Crippen LogP) is 5.93. The van der Waals surface area contributed by atoms with Crippen LogP contribution in [0.3, 0.4) is 0 Å². The van der Waals surface area contributed by atoms with Crippen molar-refractivity contribution in [3.63, 3.8) is 0 Å². The van der Waals surface area contributed by atoms with Crippen molar-refractivity contribution < 1.29 is 14.3 Å². The summed E-state index contributed by atoms with van der Waals surface area (Å²) in [6.45, 7) is 2.36. The molecule has 0 aliphatic rings. The third-order valence-corrected chi connectivity index (χ3v) is 6.41. The van der Waals surface area contributed by atoms with E-state index in [9.17, 15) is 9.59 Å². The van der Waals surface area contributed by atoms with Crippen molar-refractivity contribution in [2.45, 2.75) is 20.0 Å². The lowest BCUT2D eigenvalue weighted by atomic mass is 10.2. The first-order valence-electron chi connectivity index (χ1n) is 10.6. The van der Waals surface area contributed by atoms with E-state index in [4.69, 9.17) is 4.74 Å². The number of carbonyl (C=O) groups excluding carboxylic acids is 2. The van der Waals surface area contributed by atoms with E-state index in [-0.39, 0.29) is 11.8 Å². The van der Waals surface area contributed by atoms with Crippen LogP contribution >= 0.6 is 22.7 Å². The van der Waals surface area contributed by atoms with Crippen LogP contribution in [0.15, 0.2) is 77.5 Å². The molecule has 0 spiro atoms. The number of ether oxygens (including phenoxy) is 1. The van der Waals surface area contributed by atoms with Crippen LogP contribution in [0.5, 0.6) is 5.75 Å². The Balaban J connectivity index is 1.34. The molecule has 0 radical (unpaired) electrons. The van der Waals surface area contributed by atoms with Crippen LogP contribution in [0.2, 0.25) is 0 Å². The van der Waals surface area contributed by atoms with Gasteiger partial charge in [-0.05, 0) is 54.3 Å². The number of aryl methyl sites for hydroxylation is 1. The average Bonchev–Trinajstić information content (AvgIpc) is 3.49. The third kappa shape index (κ3) is 6.87. The molecule has 0 saturated heterocycles. The van der Waals surface area contributed by atoms with E-state index in [0.717, 1.165) is 21.1 Å². The molecule has 0 aliphatic carbocycles. The molecule has 2 amide bonds. The van der Waals surface area contributed by atoms with Crippen molar-refractivity contribution in [1.29, 1.82) is 0 Å². The smallest absolute Gasteiger partial charge is 0.248 e. The Morgan fingerprint density at radius 2 is 1.82 bits per heavy atom. The van der Waals surface area contributed by atoms with Gasteiger partial charge >= 0.3 is 0 Å². The first-order valence-corrected chi connectivity index (χ1v) is 12.4. The summed E-state index contributed by atoms with van der Waals surface area (Å²) in [5, 5.41) is 10.6. The van der Waals surface area contributed by atoms with E-state index in [1.807, 2.05) is 60.1 Å². The zero-order valence-electron chi connectivity index (χ0n) is 18.5. The number of anilines is 2. The zero-order valence-corrected chi connectivity index (χ0v) is 20.1. The fourth-order valence-electron chi connectivity index (χ4n) is 3.15. The number of benzene rings is 2. The molecule has 172 valence electrons. The van der Waals surface area contributed by atoms with Crippen molar-refractivity contribution in [3.05, 3.63) is 98.6 Å². The van der Waals surface area contributed by atoms with E-state index in [1.165, 1.54) is 17.4 Å². The number of carbonyl (C=O) groups is 2. The summed E-state index contributed by atoms with van der Waals surface area (Å²) in [5.74, 6) is 0.264. The minimum absolute atomic E-state index is 0.135. The van der Waals surface area contributed by atoms with Crippen LogP contribution in [0.25, 0.3) is 6.08 Å². The van der Waals surface area contributed by atoms with Gasteiger partial charge in [0.2, 0.25) is 11.8 Å². The molecule has 0 unspecified atom stereocenters. The third-order valence-electron chi connectivity index (χ3n) is 4.71. The van der Waals surface area contributed by atoms with E-state index in [0.29, 0.717) is 30.2 Å². The quantitative estimate of drug-likeness (QED) is 0.286. The van der Waals surface area contributed by atoms with Gasteiger partial charge in [-0.2, -0.15) is 0 Å². The van der Waals surface area contributed by atoms with Crippen molar-refractivity contribution in [2.24, 2.45) is 0 Å². The van der Waals surface area contributed by atoms with Gasteiger partial charge in [-0.25, -0.2) is 4.98 Å². The summed E-state index contributed by atoms with van der Waals surface area (Å²) in [6, 6.07) is 18.5. The Labute approximate surface area is 206 Å². The molecule has 34 heavy (non-hydrogen) atoms. The molecule has 0 saturated carbocycles. The SMILES string of the molecule is Cc1nc(COc2cccc(C=CC(=O)Nc3ccccc3NC(=O)Cc3cccs3)c2)cs1. The lowest BCUT2D eigenvalue weighted by Gasteiger charge is -2.11. The molecular formula is C26H23N3O3S2. The normalized spacial score (nSPS) is 10.9. The Bertz CT molecular complexity index is 1300. The summed E-state index contributed by atoms with van der Waals surface area (Å²) in [5.41, 5.74) is 2.81. The second kappa shape index (κ2) is 11.4. The Hall–Kier alpha value is -3.75. The lowest BCUT2D eigenvalue weighted by Crippen LogP contribution is -2.16. The maximum absolute atomic E-state index is 12.5. The highest BCUT2D eigenvalue weighted by Crippen LogP contribution is 2.22. The summed E-state index contributed by atoms with van der Waals surface area (Å²) in [4.78, 5) is 30.3. The van der Waals surface area contributed by atoms with Crippen LogP contribution in [0, 0.1) is 6.92 Å². The highest BCUT2D eigenvalue weighted by molar-refractivity contribution is 7.10. The number of rotatable bonds is 9. The average molecular weight is 490 g/mol. The van der Waals surface area contributed by atoms with Gasteiger partial charge in [-0.3, -0.25) is 9.59 Å². The Kier molecular flexibility index (Phi) is 7.85. The number of nitrogens with zero attached hydrogens (tertiary/aromatic N) is 1. The van der Waals surface area contributed by atoms with E-state index < -0.39 is 0 Å². The van der Waals surface area contributed by atoms with Crippen LogP contribution < -0.4 is 15.4 Å². The van der Waals surface area contributed by atoms with Gasteiger partial charge < -0.3 is 15.4 Å². The van der Waals surface area contributed by atoms with E-state index >= 15 is 0 Å². The first-order chi connectivity index (χ1) is 16.5. The van der Waals surface area contributed by atoms with E-state index in [2.05, 4.69) is 15.6 Å². The number of hydrogen-bond donors (Lipinski definition) is 2. The molecule has 6 nitrogen and oxygen atoms in total. The molecule has 0 atom stereocenters. The Morgan fingerprint density at radius 3 is 2.56 bits per heavy atom. The highest BCUT2D eigenvalue weighted by Gasteiger charge is 2.09. The van der Waals surface area contributed by atoms with Crippen LogP contribution in [-0.4, -0.2) is 16.8 Å². The summed E-state index contributed by atoms with van der Waals surface area (Å²) < 4.78 is 5.81. The van der Waals surface area contributed by atoms with Gasteiger partial charge in [0.15, 0.2) is 0 Å². The minimum atomic E-state index is -0.302. The number of nitrogens with one attached hydrogen (secondary N) is 2. The first kappa shape index (κ1) is 23.4. The topological polar surface area (TPSA) is 80.3 Å². The monoisotopic (exact) mass is 489 g/mol. The van der Waals surface area contributed by atoms with Gasteiger partial charge in [0.25, 0.3) is 0 Å². The molecule has 2 heterocycles. The molecule has 4 rings (SSSR count). The second-order valence-corrected chi connectivity index (χ2v) is 9.49. The molecule has 0 bridgehead atoms. The summed E-state index contributed by atoms with van der Waals surface area (Å²) in [7, 11) is 0. The number of amides is 2. The highest BCUT2D eigenvalue weighted by atomic mass is 32.1. The number of aromatic nitrogens is 1. The minimum Gasteiger partial charge on any atom is -0.487 e. The van der Waals surface area contributed by atoms with Gasteiger partial charge in [0, 0.05) is 16.3 Å². The standard InChI is InChI=1S/C26H23N3O3S2/c1-18-27-20(17-34-18)16-32-21-7-4-6-19(14-21)11-12-25(30)28-23-9-2-3-10-24(23)29-26(31)15-22-8-5-13-33-22/h2-14,17H,15-16H2,1H3,(H,28,30)(H,29,31). The maximum Gasteiger partial charge on any atom is 0.248 e. The molecule has 0 fully saturated rings. The van der Waals surface area contributed by atoms with Crippen molar-refractivity contribution in [3.8, 4) is 5.75 Å². The fourth-order valence-corrected chi connectivity index (χ4v) is 4.45. The predicted molar refractivity (Wildman–Crippen MR) is 138 cm³/mol. The van der Waals surface area contributed by atoms with Crippen LogP contribution in [-0.2, 0) is 22.6 Å². The number of thiophene rings is 1. The molecular weight excluding hydrogens is 466 g/mol. The molecule has 2 aromatic carbocycles. The van der Waals surface area contributed by atoms with Crippen molar-refractivity contribution in [1.82, 2.24) is 4.98 Å². The zero-order chi connectivity index (χ0) is 23.8. The number of thiazole rings is 1. The lowest BCUT2D eigenvalue weighted by molar-refractivity contribution is -0.115. The van der Waals surface area contributed by atoms with Gasteiger partial charge in [0.1, 0.15) is 12.4 Å². The summed E-state index contributed by atoms with van der Waals surface area (Å²) in [6.07, 6.45) is 3.46. The summed E-state index contributed by atoms with van der Waals surface area (Å²) >= 11 is 3.12. The number of para-hydroxylation sites is 2. The van der Waals surface area contributed by atoms with Gasteiger partial charge in [0.05, 0.1) is 28.5 Å². The van der Waals surface area contributed by atoms with Crippen LogP contribution in [0.1, 0.15) is 21.1 Å². The van der Waals surface area contributed by atoms with Crippen molar-refractivity contribution in [2.75, 3.05) is 10.6 Å². The molecule has 4 aromatic rings. The molecule has 0 aliphatic heterocycles. The van der Waals surface area contributed by atoms with Crippen molar-refractivity contribution >= 4 is 51.9 Å². The maximum atomic E-state index is 12.5. The Morgan fingerprint density at radius 1 is 1.00 bits per heavy atom. The fraction of sp³-hybridized carbons (Fsp3) is 0.115. The van der Waals surface area contributed by atoms with E-state index in [1.54, 1.807) is 35.6 Å². The van der Waals surface area contributed by atoms with Gasteiger partial charge in [-0.1, -0.05) is 30.3 Å². The molecule has 8 heteroatoms.